The Kier molecular flexibility index (Phi) is 4.02. The van der Waals surface area contributed by atoms with Gasteiger partial charge in [0.2, 0.25) is 0 Å². The van der Waals surface area contributed by atoms with Gasteiger partial charge in [-0.05, 0) is 17.7 Å². The van der Waals surface area contributed by atoms with Crippen LogP contribution in [0.25, 0.3) is 11.0 Å². The Labute approximate surface area is 158 Å². The largest absolute Gasteiger partial charge is 0.461 e. The molecule has 4 heterocycles. The highest BCUT2D eigenvalue weighted by atomic mass is 16.3. The lowest BCUT2D eigenvalue weighted by Gasteiger charge is -2.35. The van der Waals surface area contributed by atoms with Crippen molar-refractivity contribution in [3.63, 3.8) is 0 Å². The minimum absolute atomic E-state index is 0.104. The van der Waals surface area contributed by atoms with Crippen molar-refractivity contribution in [1.82, 2.24) is 19.9 Å². The number of fused-ring (bicyclic) bond motifs is 2. The minimum atomic E-state index is 0.104. The van der Waals surface area contributed by atoms with Crippen LogP contribution in [-0.4, -0.2) is 26.4 Å². The van der Waals surface area contributed by atoms with Crippen LogP contribution in [0, 0.1) is 0 Å². The smallest absolute Gasteiger partial charge is 0.134 e. The lowest BCUT2D eigenvalue weighted by Crippen LogP contribution is -2.36. The summed E-state index contributed by atoms with van der Waals surface area (Å²) in [7, 11) is 0. The second-order valence-electron chi connectivity index (χ2n) is 7.03. The van der Waals surface area contributed by atoms with Gasteiger partial charge in [-0.3, -0.25) is 9.88 Å². The number of aromatic nitrogens is 3. The number of aryl methyl sites for hydroxylation is 1. The fourth-order valence-corrected chi connectivity index (χ4v) is 4.21. The molecule has 0 aliphatic carbocycles. The highest BCUT2D eigenvalue weighted by Crippen LogP contribution is 2.36. The molecule has 0 saturated heterocycles. The highest BCUT2D eigenvalue weighted by molar-refractivity contribution is 5.82. The Morgan fingerprint density at radius 1 is 1.22 bits per heavy atom. The molecule has 27 heavy (non-hydrogen) atoms. The van der Waals surface area contributed by atoms with Gasteiger partial charge in [0, 0.05) is 55.0 Å². The third-order valence-corrected chi connectivity index (χ3v) is 5.49. The van der Waals surface area contributed by atoms with Gasteiger partial charge in [0.1, 0.15) is 11.3 Å². The van der Waals surface area contributed by atoms with Gasteiger partial charge in [-0.15, -0.1) is 0 Å². The number of H-pyrrole nitrogens is 1. The molecule has 4 aromatic rings. The van der Waals surface area contributed by atoms with Crippen LogP contribution in [-0.2, 0) is 19.4 Å². The number of aromatic amines is 1. The third-order valence-electron chi connectivity index (χ3n) is 5.49. The first-order chi connectivity index (χ1) is 13.3. The maximum Gasteiger partial charge on any atom is 0.134 e. The Morgan fingerprint density at radius 2 is 2.15 bits per heavy atom. The van der Waals surface area contributed by atoms with E-state index in [4.69, 9.17) is 4.42 Å². The van der Waals surface area contributed by atoms with Gasteiger partial charge >= 0.3 is 0 Å². The second kappa shape index (κ2) is 6.67. The molecule has 1 aliphatic rings. The molecule has 3 aromatic heterocycles. The maximum atomic E-state index is 6.12. The summed E-state index contributed by atoms with van der Waals surface area (Å²) in [6.07, 6.45) is 7.45. The number of pyridine rings is 1. The topological polar surface area (TPSA) is 58.0 Å². The van der Waals surface area contributed by atoms with E-state index in [1.165, 1.54) is 22.2 Å². The quantitative estimate of drug-likeness (QED) is 0.592. The molecule has 0 bridgehead atoms. The fraction of sp³-hybridized carbons (Fsp3) is 0.273. The summed E-state index contributed by atoms with van der Waals surface area (Å²) >= 11 is 0. The summed E-state index contributed by atoms with van der Waals surface area (Å²) in [5, 5.41) is 1.21. The van der Waals surface area contributed by atoms with Gasteiger partial charge in [-0.1, -0.05) is 31.2 Å². The molecule has 5 rings (SSSR count). The second-order valence-corrected chi connectivity index (χ2v) is 7.03. The van der Waals surface area contributed by atoms with Crippen molar-refractivity contribution < 1.29 is 4.42 Å². The fourth-order valence-electron chi connectivity index (χ4n) is 4.21. The summed E-state index contributed by atoms with van der Waals surface area (Å²) in [5.74, 6) is 1.08. The Morgan fingerprint density at radius 3 is 3.00 bits per heavy atom. The number of rotatable bonds is 4. The van der Waals surface area contributed by atoms with E-state index in [0.29, 0.717) is 0 Å². The lowest BCUT2D eigenvalue weighted by atomic mass is 9.95. The van der Waals surface area contributed by atoms with Gasteiger partial charge in [-0.2, -0.15) is 0 Å². The first-order valence-electron chi connectivity index (χ1n) is 9.50. The van der Waals surface area contributed by atoms with E-state index >= 15 is 0 Å². The van der Waals surface area contributed by atoms with Crippen LogP contribution in [0.3, 0.4) is 0 Å². The van der Waals surface area contributed by atoms with Crippen molar-refractivity contribution in [1.29, 1.82) is 0 Å². The predicted molar refractivity (Wildman–Crippen MR) is 104 cm³/mol. The first-order valence-corrected chi connectivity index (χ1v) is 9.50. The number of imidazole rings is 1. The zero-order valence-corrected chi connectivity index (χ0v) is 15.4. The number of nitrogens with zero attached hydrogens (tertiary/aromatic N) is 3. The number of hydrogen-bond donors (Lipinski definition) is 1. The number of hydrogen-bond acceptors (Lipinski definition) is 4. The average Bonchev–Trinajstić information content (AvgIpc) is 3.33. The third kappa shape index (κ3) is 2.75. The van der Waals surface area contributed by atoms with E-state index < -0.39 is 0 Å². The summed E-state index contributed by atoms with van der Waals surface area (Å²) < 4.78 is 6.12. The van der Waals surface area contributed by atoms with Gasteiger partial charge in [0.05, 0.1) is 18.1 Å². The number of furan rings is 1. The average molecular weight is 358 g/mol. The Hall–Kier alpha value is -2.92. The van der Waals surface area contributed by atoms with Gasteiger partial charge in [-0.25, -0.2) is 4.98 Å². The molecule has 0 spiro atoms. The highest BCUT2D eigenvalue weighted by Gasteiger charge is 2.32. The molecular weight excluding hydrogens is 336 g/mol. The first kappa shape index (κ1) is 16.3. The van der Waals surface area contributed by atoms with Crippen LogP contribution in [0.4, 0.5) is 0 Å². The molecular formula is C22H22N4O. The van der Waals surface area contributed by atoms with Gasteiger partial charge < -0.3 is 9.40 Å². The molecule has 5 heteroatoms. The molecule has 0 saturated carbocycles. The van der Waals surface area contributed by atoms with Gasteiger partial charge in [0.15, 0.2) is 0 Å². The van der Waals surface area contributed by atoms with Crippen molar-refractivity contribution in [3.8, 4) is 0 Å². The number of benzene rings is 1. The SMILES string of the molecule is CCc1oc2ccccc2c1CN1CCc2[nH]cnc2[C@H]1c1cccnc1. The van der Waals surface area contributed by atoms with Crippen LogP contribution >= 0.6 is 0 Å². The van der Waals surface area contributed by atoms with E-state index in [0.717, 1.165) is 43.0 Å². The molecule has 5 nitrogen and oxygen atoms in total. The Bertz CT molecular complexity index is 1070. The van der Waals surface area contributed by atoms with Crippen molar-refractivity contribution in [2.24, 2.45) is 0 Å². The molecule has 0 amide bonds. The molecule has 136 valence electrons. The maximum absolute atomic E-state index is 6.12. The minimum Gasteiger partial charge on any atom is -0.461 e. The van der Waals surface area contributed by atoms with Crippen LogP contribution in [0.1, 0.15) is 41.2 Å². The monoisotopic (exact) mass is 358 g/mol. The van der Waals surface area contributed by atoms with Gasteiger partial charge in [0.25, 0.3) is 0 Å². The zero-order chi connectivity index (χ0) is 18.2. The van der Waals surface area contributed by atoms with Crippen LogP contribution < -0.4 is 0 Å². The molecule has 1 aliphatic heterocycles. The number of para-hydroxylation sites is 1. The summed E-state index contributed by atoms with van der Waals surface area (Å²) in [6, 6.07) is 12.6. The molecule has 1 atom stereocenters. The van der Waals surface area contributed by atoms with Crippen molar-refractivity contribution in [2.75, 3.05) is 6.54 Å². The molecule has 1 N–H and O–H groups in total. The van der Waals surface area contributed by atoms with Crippen molar-refractivity contribution in [2.45, 2.75) is 32.4 Å². The van der Waals surface area contributed by atoms with Crippen LogP contribution in [0.5, 0.6) is 0 Å². The van der Waals surface area contributed by atoms with Crippen molar-refractivity contribution in [3.05, 3.63) is 83.4 Å². The molecule has 0 fully saturated rings. The van der Waals surface area contributed by atoms with E-state index in [2.05, 4.69) is 51.0 Å². The normalized spacial score (nSPS) is 17.3. The molecule has 0 radical (unpaired) electrons. The van der Waals surface area contributed by atoms with E-state index in [1.807, 2.05) is 30.9 Å². The summed E-state index contributed by atoms with van der Waals surface area (Å²) in [6.45, 7) is 3.96. The number of nitrogens with one attached hydrogen (secondary N) is 1. The van der Waals surface area contributed by atoms with E-state index in [-0.39, 0.29) is 6.04 Å². The summed E-state index contributed by atoms with van der Waals surface area (Å²) in [5.41, 5.74) is 5.78. The molecule has 1 aromatic carbocycles. The zero-order valence-electron chi connectivity index (χ0n) is 15.4. The van der Waals surface area contributed by atoms with Crippen molar-refractivity contribution >= 4 is 11.0 Å². The van der Waals surface area contributed by atoms with E-state index in [9.17, 15) is 0 Å². The van der Waals surface area contributed by atoms with E-state index in [1.54, 1.807) is 0 Å². The van der Waals surface area contributed by atoms with Crippen LogP contribution in [0.15, 0.2) is 59.5 Å². The standard InChI is InChI=1S/C22H22N4O/c1-2-19-17(16-7-3-4-8-20(16)27-19)13-26-11-9-18-21(25-14-24-18)22(26)15-6-5-10-23-12-15/h3-8,10,12,14,22H,2,9,11,13H2,1H3,(H,24,25)/t22-/m1/s1. The van der Waals surface area contributed by atoms with Crippen LogP contribution in [0.2, 0.25) is 0 Å². The summed E-state index contributed by atoms with van der Waals surface area (Å²) in [4.78, 5) is 14.8. The molecule has 0 unspecified atom stereocenters. The lowest BCUT2D eigenvalue weighted by molar-refractivity contribution is 0.199. The Balaban J connectivity index is 1.59. The predicted octanol–water partition coefficient (Wildman–Crippen LogP) is 4.26.